The molecule has 9 rings (SSSR count). The molecule has 10 heteroatoms. The van der Waals surface area contributed by atoms with Crippen LogP contribution in [0.25, 0.3) is 0 Å². The van der Waals surface area contributed by atoms with Crippen LogP contribution >= 0.6 is 0 Å². The summed E-state index contributed by atoms with van der Waals surface area (Å²) >= 11 is 0. The van der Waals surface area contributed by atoms with Crippen molar-refractivity contribution < 1.29 is 23.7 Å². The SMILES string of the molecule is O=C1C=C2CC(/C=[N+]3/C=C(CN[C@H]4CC5=CC(=O)O[C@@]56C[C@@H]4N4CCCC[C@@H]46)N=N3)[C@@H]3C[C@@]2(O1)C1CCCCN13. The molecule has 2 unspecified atom stereocenters. The molecule has 0 radical (unpaired) electrons. The summed E-state index contributed by atoms with van der Waals surface area (Å²) in [6, 6.07) is 1.65. The molecular weight excluding hydrogens is 508 g/mol. The average Bonchev–Trinajstić information content (AvgIpc) is 3.74. The zero-order chi connectivity index (χ0) is 26.6. The highest BCUT2D eigenvalue weighted by molar-refractivity contribution is 5.88. The second-order valence-corrected chi connectivity index (χ2v) is 13.4. The Labute approximate surface area is 233 Å². The third-order valence-electron chi connectivity index (χ3n) is 11.6. The maximum Gasteiger partial charge on any atom is 0.331 e. The van der Waals surface area contributed by atoms with E-state index in [1.807, 2.05) is 10.9 Å². The molecule has 7 heterocycles. The lowest BCUT2D eigenvalue weighted by Gasteiger charge is -2.38. The van der Waals surface area contributed by atoms with Gasteiger partial charge in [-0.05, 0) is 62.8 Å². The number of hydrogen-bond acceptors (Lipinski definition) is 9. The van der Waals surface area contributed by atoms with Crippen molar-refractivity contribution in [1.29, 1.82) is 0 Å². The summed E-state index contributed by atoms with van der Waals surface area (Å²) in [7, 11) is 0. The Balaban J connectivity index is 0.924. The number of ether oxygens (including phenoxy) is 2. The summed E-state index contributed by atoms with van der Waals surface area (Å²) in [6.07, 6.45) is 18.3. The van der Waals surface area contributed by atoms with E-state index < -0.39 is 0 Å². The van der Waals surface area contributed by atoms with Crippen LogP contribution in [0.15, 0.2) is 45.5 Å². The number of nitrogens with zero attached hydrogens (tertiary/aromatic N) is 5. The highest BCUT2D eigenvalue weighted by atomic mass is 16.6. The largest absolute Gasteiger partial charge is 0.450 e. The third-order valence-corrected chi connectivity index (χ3v) is 11.6. The van der Waals surface area contributed by atoms with Gasteiger partial charge in [0.05, 0.1) is 23.7 Å². The molecule has 0 aromatic heterocycles. The lowest BCUT2D eigenvalue weighted by Crippen LogP contribution is -2.50. The third kappa shape index (κ3) is 3.24. The van der Waals surface area contributed by atoms with Crippen LogP contribution < -0.4 is 5.32 Å². The molecule has 0 amide bonds. The van der Waals surface area contributed by atoms with Gasteiger partial charge in [-0.3, -0.25) is 9.80 Å². The first-order chi connectivity index (χ1) is 19.5. The Bertz CT molecular complexity index is 1350. The van der Waals surface area contributed by atoms with E-state index in [2.05, 4.69) is 31.7 Å². The van der Waals surface area contributed by atoms with Crippen molar-refractivity contribution in [2.24, 2.45) is 16.3 Å². The van der Waals surface area contributed by atoms with Crippen LogP contribution in [0, 0.1) is 5.92 Å². The summed E-state index contributed by atoms with van der Waals surface area (Å²) in [5.74, 6) is -0.0617. The Morgan fingerprint density at radius 2 is 1.57 bits per heavy atom. The Hall–Kier alpha value is -2.69. The number of hydrogen-bond donors (Lipinski definition) is 1. The number of rotatable bonds is 4. The fourth-order valence-corrected chi connectivity index (χ4v) is 10.1. The van der Waals surface area contributed by atoms with Crippen molar-refractivity contribution >= 4 is 18.2 Å². The molecule has 8 atom stereocenters. The van der Waals surface area contributed by atoms with Gasteiger partial charge in [0, 0.05) is 49.0 Å². The average molecular weight is 546 g/mol. The Morgan fingerprint density at radius 1 is 0.925 bits per heavy atom. The van der Waals surface area contributed by atoms with E-state index in [4.69, 9.17) is 9.47 Å². The van der Waals surface area contributed by atoms with E-state index in [-0.39, 0.29) is 35.1 Å². The van der Waals surface area contributed by atoms with E-state index in [1.165, 1.54) is 36.8 Å². The van der Waals surface area contributed by atoms with E-state index in [9.17, 15) is 9.59 Å². The maximum atomic E-state index is 12.3. The summed E-state index contributed by atoms with van der Waals surface area (Å²) in [4.78, 5) is 29.9. The van der Waals surface area contributed by atoms with Gasteiger partial charge in [0.1, 0.15) is 11.4 Å². The number of carbonyl (C=O) groups excluding carboxylic acids is 2. The predicted molar refractivity (Wildman–Crippen MR) is 143 cm³/mol. The summed E-state index contributed by atoms with van der Waals surface area (Å²) in [6.45, 7) is 2.80. The van der Waals surface area contributed by atoms with Crippen molar-refractivity contribution in [3.63, 3.8) is 0 Å². The maximum absolute atomic E-state index is 12.3. The molecule has 6 fully saturated rings. The van der Waals surface area contributed by atoms with Crippen LogP contribution in [0.1, 0.15) is 64.2 Å². The van der Waals surface area contributed by atoms with Crippen molar-refractivity contribution in [1.82, 2.24) is 15.1 Å². The van der Waals surface area contributed by atoms with Crippen molar-refractivity contribution in [2.75, 3.05) is 19.6 Å². The molecular formula is C30H37N6O4+. The minimum Gasteiger partial charge on any atom is -0.450 e. The van der Waals surface area contributed by atoms with Gasteiger partial charge in [0.2, 0.25) is 5.70 Å². The van der Waals surface area contributed by atoms with Crippen molar-refractivity contribution in [3.05, 3.63) is 35.2 Å². The first-order valence-electron chi connectivity index (χ1n) is 15.4. The Kier molecular flexibility index (Phi) is 5.05. The zero-order valence-electron chi connectivity index (χ0n) is 22.8. The van der Waals surface area contributed by atoms with E-state index in [0.717, 1.165) is 57.3 Å². The Morgan fingerprint density at radius 3 is 2.30 bits per heavy atom. The van der Waals surface area contributed by atoms with Crippen LogP contribution in [-0.4, -0.2) is 93.7 Å². The van der Waals surface area contributed by atoms with Gasteiger partial charge in [-0.15, -0.1) is 4.68 Å². The molecule has 1 N–H and O–H groups in total. The minimum atomic E-state index is -0.389. The van der Waals surface area contributed by atoms with Gasteiger partial charge >= 0.3 is 11.9 Å². The van der Waals surface area contributed by atoms with Gasteiger partial charge in [-0.2, -0.15) is 0 Å². The molecule has 9 aliphatic rings. The summed E-state index contributed by atoms with van der Waals surface area (Å²) in [5, 5.41) is 12.8. The predicted octanol–water partition coefficient (Wildman–Crippen LogP) is 2.37. The first-order valence-corrected chi connectivity index (χ1v) is 15.4. The molecule has 40 heavy (non-hydrogen) atoms. The van der Waals surface area contributed by atoms with Gasteiger partial charge in [-0.25, -0.2) is 9.59 Å². The molecule has 2 saturated carbocycles. The minimum absolute atomic E-state index is 0.164. The highest BCUT2D eigenvalue weighted by Crippen LogP contribution is 2.56. The van der Waals surface area contributed by atoms with Crippen molar-refractivity contribution in [3.8, 4) is 0 Å². The van der Waals surface area contributed by atoms with Gasteiger partial charge in [0.15, 0.2) is 17.4 Å². The van der Waals surface area contributed by atoms with Gasteiger partial charge in [0.25, 0.3) is 0 Å². The molecule has 0 aromatic rings. The van der Waals surface area contributed by atoms with Crippen LogP contribution in [0.3, 0.4) is 0 Å². The molecule has 2 aliphatic carbocycles. The second-order valence-electron chi connectivity index (χ2n) is 13.4. The zero-order valence-corrected chi connectivity index (χ0v) is 22.8. The lowest BCUT2D eigenvalue weighted by atomic mass is 9.73. The molecule has 4 bridgehead atoms. The fourth-order valence-electron chi connectivity index (χ4n) is 10.1. The van der Waals surface area contributed by atoms with Crippen molar-refractivity contribution in [2.45, 2.75) is 106 Å². The highest BCUT2D eigenvalue weighted by Gasteiger charge is 2.65. The first kappa shape index (κ1) is 24.0. The van der Waals surface area contributed by atoms with E-state index in [0.29, 0.717) is 30.7 Å². The van der Waals surface area contributed by atoms with Crippen LogP contribution in [0.2, 0.25) is 0 Å². The standard InChI is InChI=1S/C30H37N6O4/c37-27-11-19-9-18(23-13-29(19,39-27)25-5-1-3-7-35(23)25)16-34-17-21(32-33-34)15-31-22-10-20-12-28(38)40-30(20)14-24(22)36-8-4-2-6-26(30)36/h11-12,16-18,22-26,31H,1-10,13-15H2/q+1/b34-16-/t18?,22-,23-,24-,25?,26+,29-,30-/m0/s1. The van der Waals surface area contributed by atoms with Crippen LogP contribution in [-0.2, 0) is 19.1 Å². The quantitative estimate of drug-likeness (QED) is 0.428. The molecule has 7 aliphatic heterocycles. The molecule has 210 valence electrons. The number of nitrogens with one attached hydrogen (secondary N) is 1. The van der Waals surface area contributed by atoms with E-state index >= 15 is 0 Å². The molecule has 10 nitrogen and oxygen atoms in total. The second kappa shape index (κ2) is 8.42. The fraction of sp³-hybridized carbons (Fsp3) is 0.700. The van der Waals surface area contributed by atoms with E-state index in [1.54, 1.807) is 12.2 Å². The molecule has 0 aromatic carbocycles. The van der Waals surface area contributed by atoms with Gasteiger partial charge in [-0.1, -0.05) is 12.8 Å². The number of esters is 2. The summed E-state index contributed by atoms with van der Waals surface area (Å²) in [5.41, 5.74) is 2.51. The number of carbonyl (C=O) groups is 2. The molecule has 2 spiro atoms. The lowest BCUT2D eigenvalue weighted by molar-refractivity contribution is -0.462. The summed E-state index contributed by atoms with van der Waals surface area (Å²) < 4.78 is 13.9. The van der Waals surface area contributed by atoms with Crippen LogP contribution in [0.4, 0.5) is 0 Å². The normalized spacial score (nSPS) is 45.9. The van der Waals surface area contributed by atoms with Crippen LogP contribution in [0.5, 0.6) is 0 Å². The monoisotopic (exact) mass is 545 g/mol. The molecule has 4 saturated heterocycles. The number of piperidine rings is 2. The smallest absolute Gasteiger partial charge is 0.331 e. The van der Waals surface area contributed by atoms with Gasteiger partial charge < -0.3 is 14.8 Å². The topological polar surface area (TPSA) is 98.8 Å². The number of fused-ring (bicyclic) bond motifs is 6.